The monoisotopic (exact) mass is 419 g/mol. The normalized spacial score (nSPS) is 19.5. The molecule has 3 nitrogen and oxygen atoms in total. The van der Waals surface area contributed by atoms with Crippen molar-refractivity contribution in [2.24, 2.45) is 5.92 Å². The molecule has 0 spiro atoms. The molecule has 0 N–H and O–H groups in total. The van der Waals surface area contributed by atoms with Crippen LogP contribution in [0.1, 0.15) is 80.8 Å². The molecule has 1 heterocycles. The van der Waals surface area contributed by atoms with Crippen LogP contribution in [0, 0.1) is 5.92 Å². The van der Waals surface area contributed by atoms with Crippen molar-refractivity contribution in [2.45, 2.75) is 59.3 Å². The molecule has 0 saturated heterocycles. The van der Waals surface area contributed by atoms with Crippen molar-refractivity contribution in [3.63, 3.8) is 0 Å². The van der Waals surface area contributed by atoms with E-state index in [1.165, 1.54) is 31.2 Å². The lowest BCUT2D eigenvalue weighted by Gasteiger charge is -2.21. The summed E-state index contributed by atoms with van der Waals surface area (Å²) in [6, 6.07) is 16.4. The number of ether oxygens (including phenoxy) is 1. The summed E-state index contributed by atoms with van der Waals surface area (Å²) in [5.74, 6) is 1.63. The van der Waals surface area contributed by atoms with E-state index in [1.54, 1.807) is 0 Å². The van der Waals surface area contributed by atoms with E-state index >= 15 is 0 Å². The highest BCUT2D eigenvalue weighted by molar-refractivity contribution is 5.96. The Bertz CT molecular complexity index is 868. The number of nitrogens with zero attached hydrogens (tertiary/aromatic N) is 1. The van der Waals surface area contributed by atoms with Gasteiger partial charge in [0.25, 0.3) is 5.91 Å². The van der Waals surface area contributed by atoms with E-state index < -0.39 is 0 Å². The van der Waals surface area contributed by atoms with Gasteiger partial charge < -0.3 is 9.64 Å². The topological polar surface area (TPSA) is 29.5 Å². The Hall–Kier alpha value is -2.55. The maximum absolute atomic E-state index is 13.1. The van der Waals surface area contributed by atoms with E-state index in [0.717, 1.165) is 35.3 Å². The number of amides is 1. The van der Waals surface area contributed by atoms with Crippen molar-refractivity contribution >= 4 is 11.5 Å². The van der Waals surface area contributed by atoms with Crippen molar-refractivity contribution in [3.05, 3.63) is 71.3 Å². The molecule has 2 aromatic carbocycles. The molecule has 0 aliphatic carbocycles. The molecule has 2 aromatic rings. The number of hydrogen-bond donors (Lipinski definition) is 0. The van der Waals surface area contributed by atoms with Gasteiger partial charge in [0.2, 0.25) is 0 Å². The molecule has 0 bridgehead atoms. The van der Waals surface area contributed by atoms with Gasteiger partial charge in [0.1, 0.15) is 5.75 Å². The van der Waals surface area contributed by atoms with Gasteiger partial charge in [-0.05, 0) is 68.4 Å². The number of carbonyl (C=O) groups excluding carboxylic acids is 1. The third-order valence-electron chi connectivity index (χ3n) is 6.27. The summed E-state index contributed by atoms with van der Waals surface area (Å²) in [4.78, 5) is 14.9. The minimum Gasteiger partial charge on any atom is -0.493 e. The Morgan fingerprint density at radius 2 is 1.77 bits per heavy atom. The van der Waals surface area contributed by atoms with Gasteiger partial charge in [-0.25, -0.2) is 0 Å². The van der Waals surface area contributed by atoms with E-state index in [0.29, 0.717) is 25.6 Å². The lowest BCUT2D eigenvalue weighted by atomic mass is 9.93. The summed E-state index contributed by atoms with van der Waals surface area (Å²) in [7, 11) is 0. The second-order valence-corrected chi connectivity index (χ2v) is 8.55. The van der Waals surface area contributed by atoms with Crippen LogP contribution < -0.4 is 4.74 Å². The van der Waals surface area contributed by atoms with Crippen LogP contribution in [0.3, 0.4) is 0 Å². The van der Waals surface area contributed by atoms with Gasteiger partial charge in [-0.1, -0.05) is 62.6 Å². The molecule has 1 aliphatic rings. The summed E-state index contributed by atoms with van der Waals surface area (Å²) in [5.41, 5.74) is 4.08. The van der Waals surface area contributed by atoms with Crippen LogP contribution in [0.25, 0.3) is 5.57 Å². The van der Waals surface area contributed by atoms with E-state index in [-0.39, 0.29) is 5.91 Å². The molecule has 0 unspecified atom stereocenters. The summed E-state index contributed by atoms with van der Waals surface area (Å²) in [6.45, 7) is 8.50. The number of benzene rings is 2. The average molecular weight is 420 g/mol. The highest BCUT2D eigenvalue weighted by Gasteiger charge is 2.18. The second-order valence-electron chi connectivity index (χ2n) is 8.55. The minimum absolute atomic E-state index is 0.0803. The highest BCUT2D eigenvalue weighted by atomic mass is 16.5. The summed E-state index contributed by atoms with van der Waals surface area (Å²) < 4.78 is 6.31. The Morgan fingerprint density at radius 1 is 1.00 bits per heavy atom. The summed E-state index contributed by atoms with van der Waals surface area (Å²) >= 11 is 0. The third-order valence-corrected chi connectivity index (χ3v) is 6.27. The zero-order valence-corrected chi connectivity index (χ0v) is 19.4. The fourth-order valence-corrected chi connectivity index (χ4v) is 4.27. The molecular formula is C28H37NO2. The first-order valence-electron chi connectivity index (χ1n) is 12.0. The first-order chi connectivity index (χ1) is 15.1. The highest BCUT2D eigenvalue weighted by Crippen LogP contribution is 2.34. The molecule has 1 aliphatic heterocycles. The number of allylic oxidation sites excluding steroid dienone is 1. The maximum atomic E-state index is 13.1. The predicted molar refractivity (Wildman–Crippen MR) is 130 cm³/mol. The van der Waals surface area contributed by atoms with Crippen LogP contribution in [-0.2, 0) is 0 Å². The molecule has 0 saturated carbocycles. The van der Waals surface area contributed by atoms with Crippen LogP contribution >= 0.6 is 0 Å². The largest absolute Gasteiger partial charge is 0.493 e. The van der Waals surface area contributed by atoms with Crippen LogP contribution in [-0.4, -0.2) is 30.5 Å². The van der Waals surface area contributed by atoms with Crippen molar-refractivity contribution in [3.8, 4) is 5.75 Å². The lowest BCUT2D eigenvalue weighted by molar-refractivity contribution is 0.0773. The SMILES string of the molecule is CCN(CC)C(=O)c1ccc2c(c1)/C(c1ccccc1)=C\CCCCC[C@H](C)CCO2. The van der Waals surface area contributed by atoms with Crippen LogP contribution in [0.2, 0.25) is 0 Å². The average Bonchev–Trinajstić information content (AvgIpc) is 2.81. The molecule has 1 atom stereocenters. The second kappa shape index (κ2) is 11.7. The molecule has 0 aromatic heterocycles. The molecule has 3 rings (SSSR count). The summed E-state index contributed by atoms with van der Waals surface area (Å²) in [5, 5.41) is 0. The molecule has 166 valence electrons. The third kappa shape index (κ3) is 6.22. The first-order valence-corrected chi connectivity index (χ1v) is 12.0. The fraction of sp³-hybridized carbons (Fsp3) is 0.464. The number of hydrogen-bond acceptors (Lipinski definition) is 2. The molecular weight excluding hydrogens is 382 g/mol. The predicted octanol–water partition coefficient (Wildman–Crippen LogP) is 6.97. The maximum Gasteiger partial charge on any atom is 0.253 e. The zero-order chi connectivity index (χ0) is 22.1. The lowest BCUT2D eigenvalue weighted by Crippen LogP contribution is -2.30. The molecule has 0 fully saturated rings. The minimum atomic E-state index is 0.0803. The molecule has 31 heavy (non-hydrogen) atoms. The van der Waals surface area contributed by atoms with Gasteiger partial charge in [-0.2, -0.15) is 0 Å². The fourth-order valence-electron chi connectivity index (χ4n) is 4.27. The van der Waals surface area contributed by atoms with E-state index in [4.69, 9.17) is 4.74 Å². The number of carbonyl (C=O) groups is 1. The molecule has 3 heteroatoms. The van der Waals surface area contributed by atoms with Crippen LogP contribution in [0.5, 0.6) is 5.75 Å². The van der Waals surface area contributed by atoms with Gasteiger partial charge in [0.05, 0.1) is 6.61 Å². The van der Waals surface area contributed by atoms with Crippen molar-refractivity contribution in [1.82, 2.24) is 4.90 Å². The van der Waals surface area contributed by atoms with Gasteiger partial charge >= 0.3 is 0 Å². The van der Waals surface area contributed by atoms with Crippen LogP contribution in [0.4, 0.5) is 0 Å². The number of fused-ring (bicyclic) bond motifs is 1. The van der Waals surface area contributed by atoms with Crippen LogP contribution in [0.15, 0.2) is 54.6 Å². The van der Waals surface area contributed by atoms with Gasteiger partial charge in [0, 0.05) is 24.2 Å². The van der Waals surface area contributed by atoms with Gasteiger partial charge in [-0.15, -0.1) is 0 Å². The standard InChI is InChI=1S/C28H37NO2/c1-4-29(5-2)28(30)24-17-18-27-26(21-24)25(23-14-10-8-11-15-23)16-12-7-6-9-13-22(3)19-20-31-27/h8,10-11,14-18,21-22H,4-7,9,12-13,19-20H2,1-3H3/b25-16-/t22-/m0/s1. The van der Waals surface area contributed by atoms with Gasteiger partial charge in [0.15, 0.2) is 0 Å². The first kappa shape index (κ1) is 23.1. The Morgan fingerprint density at radius 3 is 2.52 bits per heavy atom. The van der Waals surface area contributed by atoms with Gasteiger partial charge in [-0.3, -0.25) is 4.79 Å². The molecule has 0 radical (unpaired) electrons. The van der Waals surface area contributed by atoms with Crippen molar-refractivity contribution in [2.75, 3.05) is 19.7 Å². The van der Waals surface area contributed by atoms with E-state index in [1.807, 2.05) is 43.0 Å². The zero-order valence-electron chi connectivity index (χ0n) is 19.4. The Kier molecular flexibility index (Phi) is 8.75. The smallest absolute Gasteiger partial charge is 0.253 e. The Balaban J connectivity index is 2.06. The Labute approximate surface area is 188 Å². The van der Waals surface area contributed by atoms with E-state index in [2.05, 4.69) is 37.3 Å². The number of rotatable bonds is 4. The van der Waals surface area contributed by atoms with E-state index in [9.17, 15) is 4.79 Å². The van der Waals surface area contributed by atoms with Crippen molar-refractivity contribution < 1.29 is 9.53 Å². The molecule has 1 amide bonds. The van der Waals surface area contributed by atoms with Crippen molar-refractivity contribution in [1.29, 1.82) is 0 Å². The summed E-state index contributed by atoms with van der Waals surface area (Å²) in [6.07, 6.45) is 9.43. The quantitative estimate of drug-likeness (QED) is 0.535.